The number of methoxy groups -OCH3 is 2. The molecule has 1 aromatic rings. The number of hydrogen-bond acceptors (Lipinski definition) is 3. The highest BCUT2D eigenvalue weighted by molar-refractivity contribution is 9.09. The van der Waals surface area contributed by atoms with E-state index in [1.807, 2.05) is 11.9 Å². The monoisotopic (exact) mass is 355 g/mol. The lowest BCUT2D eigenvalue weighted by molar-refractivity contribution is 0.0701. The van der Waals surface area contributed by atoms with E-state index >= 15 is 0 Å². The molecule has 0 heterocycles. The molecule has 21 heavy (non-hydrogen) atoms. The van der Waals surface area contributed by atoms with E-state index in [0.29, 0.717) is 21.9 Å². The van der Waals surface area contributed by atoms with Crippen LogP contribution in [0, 0.1) is 0 Å². The fourth-order valence-electron chi connectivity index (χ4n) is 2.82. The second-order valence-corrected chi connectivity index (χ2v) is 6.53. The predicted octanol–water partition coefficient (Wildman–Crippen LogP) is 3.48. The minimum atomic E-state index is -0.00847. The molecule has 0 aromatic heterocycles. The Bertz CT molecular complexity index is 506. The van der Waals surface area contributed by atoms with E-state index in [-0.39, 0.29) is 11.9 Å². The van der Waals surface area contributed by atoms with Gasteiger partial charge in [-0.1, -0.05) is 28.8 Å². The zero-order chi connectivity index (χ0) is 15.4. The molecule has 0 N–H and O–H groups in total. The van der Waals surface area contributed by atoms with Crippen molar-refractivity contribution < 1.29 is 14.3 Å². The standard InChI is InChI=1S/C16H22BrNO3/c1-18(14-7-5-4-6-13(14)17)16(19)12-9-8-11(20-2)10-15(12)21-3/h8-10,13-14H,4-7H2,1-3H3. The van der Waals surface area contributed by atoms with Gasteiger partial charge in [0.05, 0.1) is 19.8 Å². The molecule has 1 saturated carbocycles. The van der Waals surface area contributed by atoms with Crippen LogP contribution in [0.25, 0.3) is 0 Å². The van der Waals surface area contributed by atoms with Crippen molar-refractivity contribution in [2.75, 3.05) is 21.3 Å². The number of carbonyl (C=O) groups excluding carboxylic acids is 1. The van der Waals surface area contributed by atoms with Crippen molar-refractivity contribution in [3.05, 3.63) is 23.8 Å². The van der Waals surface area contributed by atoms with Gasteiger partial charge < -0.3 is 14.4 Å². The molecule has 0 aliphatic heterocycles. The van der Waals surface area contributed by atoms with Crippen LogP contribution < -0.4 is 9.47 Å². The summed E-state index contributed by atoms with van der Waals surface area (Å²) in [5, 5.41) is 0. The Morgan fingerprint density at radius 3 is 2.57 bits per heavy atom. The third-order valence-electron chi connectivity index (χ3n) is 4.10. The Morgan fingerprint density at radius 2 is 1.95 bits per heavy atom. The summed E-state index contributed by atoms with van der Waals surface area (Å²) in [7, 11) is 5.04. The molecule has 2 unspecified atom stereocenters. The Labute approximate surface area is 134 Å². The van der Waals surface area contributed by atoms with Crippen LogP contribution in [-0.2, 0) is 0 Å². The second kappa shape index (κ2) is 7.16. The molecular formula is C16H22BrNO3. The summed E-state index contributed by atoms with van der Waals surface area (Å²) in [5.41, 5.74) is 0.575. The summed E-state index contributed by atoms with van der Waals surface area (Å²) in [6.45, 7) is 0. The van der Waals surface area contributed by atoms with Crippen molar-refractivity contribution in [2.24, 2.45) is 0 Å². The first-order chi connectivity index (χ1) is 10.1. The van der Waals surface area contributed by atoms with Gasteiger partial charge in [0, 0.05) is 24.0 Å². The number of hydrogen-bond donors (Lipinski definition) is 0. The number of alkyl halides is 1. The smallest absolute Gasteiger partial charge is 0.257 e. The van der Waals surface area contributed by atoms with Gasteiger partial charge in [-0.2, -0.15) is 0 Å². The highest BCUT2D eigenvalue weighted by atomic mass is 79.9. The molecule has 0 bridgehead atoms. The molecule has 0 spiro atoms. The first kappa shape index (κ1) is 16.1. The minimum absolute atomic E-state index is 0.00847. The highest BCUT2D eigenvalue weighted by Crippen LogP contribution is 2.31. The lowest BCUT2D eigenvalue weighted by Crippen LogP contribution is -2.44. The van der Waals surface area contributed by atoms with Crippen LogP contribution in [0.4, 0.5) is 0 Å². The van der Waals surface area contributed by atoms with Crippen LogP contribution >= 0.6 is 15.9 Å². The topological polar surface area (TPSA) is 38.8 Å². The van der Waals surface area contributed by atoms with E-state index in [9.17, 15) is 4.79 Å². The first-order valence-electron chi connectivity index (χ1n) is 7.21. The van der Waals surface area contributed by atoms with Crippen molar-refractivity contribution in [2.45, 2.75) is 36.6 Å². The third-order valence-corrected chi connectivity index (χ3v) is 5.17. The van der Waals surface area contributed by atoms with Gasteiger partial charge in [-0.3, -0.25) is 4.79 Å². The summed E-state index contributed by atoms with van der Waals surface area (Å²) in [4.78, 5) is 15.0. The maximum atomic E-state index is 12.8. The van der Waals surface area contributed by atoms with E-state index in [1.54, 1.807) is 32.4 Å². The molecule has 5 heteroatoms. The molecule has 0 radical (unpaired) electrons. The molecule has 4 nitrogen and oxygen atoms in total. The SMILES string of the molecule is COc1ccc(C(=O)N(C)C2CCCCC2Br)c(OC)c1. The Morgan fingerprint density at radius 1 is 1.24 bits per heavy atom. The summed E-state index contributed by atoms with van der Waals surface area (Å²) in [5.74, 6) is 1.22. The predicted molar refractivity (Wildman–Crippen MR) is 86.6 cm³/mol. The Hall–Kier alpha value is -1.23. The number of rotatable bonds is 4. The van der Waals surface area contributed by atoms with Gasteiger partial charge in [-0.05, 0) is 25.0 Å². The summed E-state index contributed by atoms with van der Waals surface area (Å²) < 4.78 is 10.5. The largest absolute Gasteiger partial charge is 0.497 e. The van der Waals surface area contributed by atoms with Crippen molar-refractivity contribution in [3.63, 3.8) is 0 Å². The van der Waals surface area contributed by atoms with Crippen LogP contribution in [0.15, 0.2) is 18.2 Å². The van der Waals surface area contributed by atoms with Gasteiger partial charge in [0.1, 0.15) is 11.5 Å². The molecule has 2 atom stereocenters. The van der Waals surface area contributed by atoms with E-state index < -0.39 is 0 Å². The van der Waals surface area contributed by atoms with Crippen molar-refractivity contribution in [1.82, 2.24) is 4.90 Å². The molecule has 1 aliphatic rings. The molecule has 2 rings (SSSR count). The minimum Gasteiger partial charge on any atom is -0.497 e. The fraction of sp³-hybridized carbons (Fsp3) is 0.562. The maximum Gasteiger partial charge on any atom is 0.257 e. The lowest BCUT2D eigenvalue weighted by Gasteiger charge is -2.35. The zero-order valence-electron chi connectivity index (χ0n) is 12.8. The van der Waals surface area contributed by atoms with Gasteiger partial charge in [0.25, 0.3) is 5.91 Å². The molecule has 1 amide bonds. The highest BCUT2D eigenvalue weighted by Gasteiger charge is 2.30. The van der Waals surface area contributed by atoms with Gasteiger partial charge in [-0.15, -0.1) is 0 Å². The van der Waals surface area contributed by atoms with Gasteiger partial charge in [0.15, 0.2) is 0 Å². The van der Waals surface area contributed by atoms with E-state index in [0.717, 1.165) is 12.8 Å². The molecule has 1 aliphatic carbocycles. The number of ether oxygens (including phenoxy) is 2. The first-order valence-corrected chi connectivity index (χ1v) is 8.13. The average molecular weight is 356 g/mol. The quantitative estimate of drug-likeness (QED) is 0.776. The van der Waals surface area contributed by atoms with Gasteiger partial charge in [0.2, 0.25) is 0 Å². The number of carbonyl (C=O) groups is 1. The van der Waals surface area contributed by atoms with Crippen LogP contribution in [-0.4, -0.2) is 42.9 Å². The fourth-order valence-corrected chi connectivity index (χ4v) is 3.76. The average Bonchev–Trinajstić information content (AvgIpc) is 2.53. The molecule has 0 saturated heterocycles. The summed E-state index contributed by atoms with van der Waals surface area (Å²) >= 11 is 3.71. The third kappa shape index (κ3) is 3.51. The van der Waals surface area contributed by atoms with Crippen molar-refractivity contribution in [1.29, 1.82) is 0 Å². The van der Waals surface area contributed by atoms with Crippen LogP contribution in [0.3, 0.4) is 0 Å². The molecular weight excluding hydrogens is 334 g/mol. The van der Waals surface area contributed by atoms with Crippen molar-refractivity contribution in [3.8, 4) is 11.5 Å². The molecule has 1 fully saturated rings. The lowest BCUT2D eigenvalue weighted by atomic mass is 9.94. The van der Waals surface area contributed by atoms with E-state index in [4.69, 9.17) is 9.47 Å². The van der Waals surface area contributed by atoms with Crippen molar-refractivity contribution >= 4 is 21.8 Å². The second-order valence-electron chi connectivity index (χ2n) is 5.35. The van der Waals surface area contributed by atoms with Gasteiger partial charge in [-0.25, -0.2) is 0 Å². The van der Waals surface area contributed by atoms with Gasteiger partial charge >= 0.3 is 0 Å². The molecule has 116 valence electrons. The van der Waals surface area contributed by atoms with Crippen LogP contribution in [0.5, 0.6) is 11.5 Å². The molecule has 1 aromatic carbocycles. The number of amides is 1. The van der Waals surface area contributed by atoms with E-state index in [1.165, 1.54) is 12.8 Å². The summed E-state index contributed by atoms with van der Waals surface area (Å²) in [6.07, 6.45) is 4.54. The number of halogens is 1. The Kier molecular flexibility index (Phi) is 5.51. The number of benzene rings is 1. The van der Waals surface area contributed by atoms with Crippen LogP contribution in [0.2, 0.25) is 0 Å². The summed E-state index contributed by atoms with van der Waals surface area (Å²) in [6, 6.07) is 5.53. The van der Waals surface area contributed by atoms with Crippen LogP contribution in [0.1, 0.15) is 36.0 Å². The number of nitrogens with zero attached hydrogens (tertiary/aromatic N) is 1. The zero-order valence-corrected chi connectivity index (χ0v) is 14.4. The maximum absolute atomic E-state index is 12.8. The van der Waals surface area contributed by atoms with E-state index in [2.05, 4.69) is 15.9 Å². The Balaban J connectivity index is 2.22. The normalized spacial score (nSPS) is 21.7.